The number of hydrogen-bond acceptors (Lipinski definition) is 5. The van der Waals surface area contributed by atoms with Gasteiger partial charge in [0.25, 0.3) is 5.91 Å². The van der Waals surface area contributed by atoms with E-state index in [1.807, 2.05) is 0 Å². The van der Waals surface area contributed by atoms with Gasteiger partial charge in [-0.1, -0.05) is 42.5 Å². The van der Waals surface area contributed by atoms with Gasteiger partial charge in [-0.15, -0.1) is 11.3 Å². The van der Waals surface area contributed by atoms with Crippen LogP contribution in [0.5, 0.6) is 0 Å². The van der Waals surface area contributed by atoms with E-state index in [9.17, 15) is 22.4 Å². The van der Waals surface area contributed by atoms with Gasteiger partial charge in [0.05, 0.1) is 11.9 Å². The van der Waals surface area contributed by atoms with Gasteiger partial charge in [-0.25, -0.2) is 19.5 Å². The molecule has 0 spiro atoms. The Morgan fingerprint density at radius 3 is 2.50 bits per heavy atom. The minimum Gasteiger partial charge on any atom is -0.266 e. The van der Waals surface area contributed by atoms with Crippen LogP contribution in [0.1, 0.15) is 21.7 Å². The molecule has 0 unspecified atom stereocenters. The molecule has 4 rings (SSSR count). The lowest BCUT2D eigenvalue weighted by Crippen LogP contribution is -2.18. The molecule has 0 fully saturated rings. The molecular weight excluding hydrogens is 446 g/mol. The van der Waals surface area contributed by atoms with Gasteiger partial charge in [0.1, 0.15) is 11.5 Å². The number of amides is 1. The quantitative estimate of drug-likeness (QED) is 0.262. The van der Waals surface area contributed by atoms with E-state index in [2.05, 4.69) is 20.6 Å². The predicted octanol–water partition coefficient (Wildman–Crippen LogP) is 4.92. The van der Waals surface area contributed by atoms with E-state index in [4.69, 9.17) is 0 Å². The molecule has 0 bridgehead atoms. The van der Waals surface area contributed by atoms with Crippen LogP contribution in [0, 0.1) is 5.82 Å². The summed E-state index contributed by atoms with van der Waals surface area (Å²) in [5, 5.41) is 8.99. The number of alkyl halides is 3. The minimum atomic E-state index is -4.67. The monoisotopic (exact) mass is 459 g/mol. The number of carbonyl (C=O) groups is 1. The number of hydrogen-bond donors (Lipinski definition) is 1. The fraction of sp³-hybridized carbons (Fsp3) is 0.0476. The number of nitrogens with one attached hydrogen (secondary N) is 1. The summed E-state index contributed by atoms with van der Waals surface area (Å²) in [7, 11) is 0. The van der Waals surface area contributed by atoms with Crippen molar-refractivity contribution in [3.05, 3.63) is 88.8 Å². The van der Waals surface area contributed by atoms with Crippen LogP contribution in [0.2, 0.25) is 0 Å². The molecule has 6 nitrogen and oxygen atoms in total. The van der Waals surface area contributed by atoms with Crippen molar-refractivity contribution in [1.82, 2.24) is 20.2 Å². The van der Waals surface area contributed by atoms with Crippen molar-refractivity contribution >= 4 is 23.5 Å². The van der Waals surface area contributed by atoms with Crippen LogP contribution in [0.3, 0.4) is 0 Å². The Bertz CT molecular complexity index is 1260. The second-order valence-corrected chi connectivity index (χ2v) is 7.29. The van der Waals surface area contributed by atoms with Gasteiger partial charge >= 0.3 is 6.18 Å². The number of thiazole rings is 1. The first-order valence-electron chi connectivity index (χ1n) is 9.09. The Kier molecular flexibility index (Phi) is 5.82. The zero-order chi connectivity index (χ0) is 22.7. The lowest BCUT2D eigenvalue weighted by molar-refractivity contribution is -0.142. The van der Waals surface area contributed by atoms with Gasteiger partial charge in [-0.05, 0) is 23.8 Å². The van der Waals surface area contributed by atoms with Crippen molar-refractivity contribution in [2.24, 2.45) is 5.10 Å². The summed E-state index contributed by atoms with van der Waals surface area (Å²) in [5.41, 5.74) is 2.29. The Balaban J connectivity index is 1.56. The SMILES string of the molecule is O=C(N/N=C/c1ccc(F)cc1)c1csc(-n2nc(-c3ccccc3)cc2C(F)(F)F)n1. The molecule has 1 amide bonds. The number of hydrazone groups is 1. The lowest BCUT2D eigenvalue weighted by Gasteiger charge is -2.06. The van der Waals surface area contributed by atoms with E-state index >= 15 is 0 Å². The van der Waals surface area contributed by atoms with Crippen molar-refractivity contribution in [3.63, 3.8) is 0 Å². The molecule has 162 valence electrons. The van der Waals surface area contributed by atoms with Crippen LogP contribution in [-0.4, -0.2) is 26.9 Å². The normalized spacial score (nSPS) is 11.8. The zero-order valence-corrected chi connectivity index (χ0v) is 16.9. The molecule has 0 saturated carbocycles. The number of aromatic nitrogens is 3. The van der Waals surface area contributed by atoms with E-state index in [-0.39, 0.29) is 16.5 Å². The van der Waals surface area contributed by atoms with E-state index in [1.165, 1.54) is 35.9 Å². The molecule has 0 aliphatic carbocycles. The topological polar surface area (TPSA) is 72.2 Å². The Morgan fingerprint density at radius 1 is 1.09 bits per heavy atom. The van der Waals surface area contributed by atoms with Crippen molar-refractivity contribution in [3.8, 4) is 16.4 Å². The molecule has 11 heteroatoms. The number of rotatable bonds is 5. The molecule has 2 heterocycles. The van der Waals surface area contributed by atoms with Crippen LogP contribution < -0.4 is 5.43 Å². The zero-order valence-electron chi connectivity index (χ0n) is 16.0. The average Bonchev–Trinajstić information content (AvgIpc) is 3.43. The van der Waals surface area contributed by atoms with Crippen LogP contribution in [-0.2, 0) is 6.18 Å². The van der Waals surface area contributed by atoms with E-state index in [0.29, 0.717) is 15.8 Å². The van der Waals surface area contributed by atoms with Gasteiger partial charge in [0.2, 0.25) is 5.13 Å². The third-order valence-electron chi connectivity index (χ3n) is 4.22. The van der Waals surface area contributed by atoms with E-state index < -0.39 is 23.6 Å². The van der Waals surface area contributed by atoms with E-state index in [0.717, 1.165) is 17.4 Å². The Morgan fingerprint density at radius 2 is 1.81 bits per heavy atom. The molecule has 32 heavy (non-hydrogen) atoms. The van der Waals surface area contributed by atoms with Crippen LogP contribution in [0.4, 0.5) is 17.6 Å². The first-order chi connectivity index (χ1) is 15.3. The van der Waals surface area contributed by atoms with Crippen molar-refractivity contribution in [2.45, 2.75) is 6.18 Å². The highest BCUT2D eigenvalue weighted by atomic mass is 32.1. The third kappa shape index (κ3) is 4.72. The van der Waals surface area contributed by atoms with Crippen molar-refractivity contribution < 1.29 is 22.4 Å². The Hall–Kier alpha value is -3.86. The molecule has 0 saturated heterocycles. The molecule has 0 aliphatic rings. The smallest absolute Gasteiger partial charge is 0.266 e. The molecule has 0 radical (unpaired) electrons. The minimum absolute atomic E-state index is 0.118. The van der Waals surface area contributed by atoms with Gasteiger partial charge in [0, 0.05) is 10.9 Å². The fourth-order valence-electron chi connectivity index (χ4n) is 2.72. The van der Waals surface area contributed by atoms with Gasteiger partial charge in [-0.3, -0.25) is 4.79 Å². The predicted molar refractivity (Wildman–Crippen MR) is 111 cm³/mol. The number of carbonyl (C=O) groups excluding carboxylic acids is 1. The van der Waals surface area contributed by atoms with Gasteiger partial charge in [-0.2, -0.15) is 23.4 Å². The summed E-state index contributed by atoms with van der Waals surface area (Å²) in [6, 6.07) is 14.8. The molecule has 2 aromatic carbocycles. The Labute approximate surface area is 182 Å². The van der Waals surface area contributed by atoms with Gasteiger partial charge < -0.3 is 0 Å². The third-order valence-corrected chi connectivity index (χ3v) is 5.04. The van der Waals surface area contributed by atoms with Crippen LogP contribution >= 0.6 is 11.3 Å². The molecule has 0 atom stereocenters. The molecule has 1 N–H and O–H groups in total. The first kappa shape index (κ1) is 21.4. The second-order valence-electron chi connectivity index (χ2n) is 6.46. The maximum Gasteiger partial charge on any atom is 0.433 e. The maximum atomic E-state index is 13.6. The summed E-state index contributed by atoms with van der Waals surface area (Å²) < 4.78 is 54.3. The average molecular weight is 459 g/mol. The van der Waals surface area contributed by atoms with Crippen LogP contribution in [0.15, 0.2) is 71.1 Å². The summed E-state index contributed by atoms with van der Waals surface area (Å²) >= 11 is 0.836. The summed E-state index contributed by atoms with van der Waals surface area (Å²) in [5.74, 6) is -1.12. The van der Waals surface area contributed by atoms with Crippen molar-refractivity contribution in [1.29, 1.82) is 0 Å². The lowest BCUT2D eigenvalue weighted by atomic mass is 10.1. The largest absolute Gasteiger partial charge is 0.433 e. The summed E-state index contributed by atoms with van der Waals surface area (Å²) in [6.45, 7) is 0. The summed E-state index contributed by atoms with van der Waals surface area (Å²) in [4.78, 5) is 16.2. The first-order valence-corrected chi connectivity index (χ1v) is 9.97. The molecule has 0 aliphatic heterocycles. The van der Waals surface area contributed by atoms with Gasteiger partial charge in [0.15, 0.2) is 5.69 Å². The highest BCUT2D eigenvalue weighted by Crippen LogP contribution is 2.34. The highest BCUT2D eigenvalue weighted by Gasteiger charge is 2.37. The van der Waals surface area contributed by atoms with E-state index in [1.54, 1.807) is 30.3 Å². The van der Waals surface area contributed by atoms with Crippen molar-refractivity contribution in [2.75, 3.05) is 0 Å². The number of benzene rings is 2. The molecule has 4 aromatic rings. The number of halogens is 4. The molecular formula is C21H13F4N5OS. The summed E-state index contributed by atoms with van der Waals surface area (Å²) in [6.07, 6.45) is -3.38. The second kappa shape index (κ2) is 8.71. The fourth-order valence-corrected chi connectivity index (χ4v) is 3.48. The highest BCUT2D eigenvalue weighted by molar-refractivity contribution is 7.12. The standard InChI is InChI=1S/C21H13F4N5OS/c22-15-8-6-13(7-9-15)11-26-28-19(31)17-12-32-20(27-17)30-18(21(23,24)25)10-16(29-30)14-4-2-1-3-5-14/h1-12H,(H,28,31)/b26-11+. The molecule has 2 aromatic heterocycles. The maximum absolute atomic E-state index is 13.6. The number of nitrogens with zero attached hydrogens (tertiary/aromatic N) is 4. The van der Waals surface area contributed by atoms with Crippen LogP contribution in [0.25, 0.3) is 16.4 Å².